The van der Waals surface area contributed by atoms with Gasteiger partial charge in [0.05, 0.1) is 5.71 Å². The van der Waals surface area contributed by atoms with Gasteiger partial charge in [0.1, 0.15) is 5.60 Å². The maximum Gasteiger partial charge on any atom is 0.399 e. The molecule has 118 valence electrons. The van der Waals surface area contributed by atoms with Gasteiger partial charge in [-0.15, -0.1) is 0 Å². The average Bonchev–Trinajstić information content (AvgIpc) is 2.52. The van der Waals surface area contributed by atoms with Gasteiger partial charge in [0, 0.05) is 11.1 Å². The Morgan fingerprint density at radius 2 is 1.26 bits per heavy atom. The number of hydrogen-bond donors (Lipinski definition) is 0. The smallest absolute Gasteiger partial charge is 0.399 e. The molecule has 0 spiro atoms. The molecule has 0 aliphatic carbocycles. The Morgan fingerprint density at radius 3 is 1.65 bits per heavy atom. The lowest BCUT2D eigenvalue weighted by Crippen LogP contribution is -2.28. The summed E-state index contributed by atoms with van der Waals surface area (Å²) in [6, 6.07) is 18.5. The zero-order chi connectivity index (χ0) is 16.9. The molecule has 0 saturated heterocycles. The lowest BCUT2D eigenvalue weighted by atomic mass is 10.0. The summed E-state index contributed by atoms with van der Waals surface area (Å²) in [6.07, 6.45) is 0. The summed E-state index contributed by atoms with van der Waals surface area (Å²) in [4.78, 5) is 28.0. The molecule has 0 aromatic heterocycles. The zero-order valence-electron chi connectivity index (χ0n) is 13.4. The Kier molecular flexibility index (Phi) is 5.06. The van der Waals surface area contributed by atoms with E-state index in [1.807, 2.05) is 60.7 Å². The van der Waals surface area contributed by atoms with Gasteiger partial charge in [0.25, 0.3) is 0 Å². The quantitative estimate of drug-likeness (QED) is 0.485. The number of esters is 1. The highest BCUT2D eigenvalue weighted by Crippen LogP contribution is 2.12. The van der Waals surface area contributed by atoms with Crippen LogP contribution in [0.15, 0.2) is 65.7 Å². The predicted molar refractivity (Wildman–Crippen MR) is 89.4 cm³/mol. The van der Waals surface area contributed by atoms with Crippen molar-refractivity contribution >= 4 is 17.6 Å². The summed E-state index contributed by atoms with van der Waals surface area (Å²) in [5, 5.41) is 0. The monoisotopic (exact) mass is 309 g/mol. The largest absolute Gasteiger partial charge is 0.453 e. The van der Waals surface area contributed by atoms with Gasteiger partial charge in [-0.1, -0.05) is 60.7 Å². The molecule has 0 fully saturated rings. The minimum absolute atomic E-state index is 0.446. The summed E-state index contributed by atoms with van der Waals surface area (Å²) in [7, 11) is 0. The zero-order valence-corrected chi connectivity index (χ0v) is 13.4. The highest BCUT2D eigenvalue weighted by Gasteiger charge is 2.23. The second-order valence-electron chi connectivity index (χ2n) is 6.00. The highest BCUT2D eigenvalue weighted by atomic mass is 16.6. The fourth-order valence-corrected chi connectivity index (χ4v) is 1.96. The van der Waals surface area contributed by atoms with E-state index in [9.17, 15) is 9.59 Å². The van der Waals surface area contributed by atoms with Crippen molar-refractivity contribution in [3.05, 3.63) is 71.8 Å². The van der Waals surface area contributed by atoms with E-state index < -0.39 is 17.5 Å². The van der Waals surface area contributed by atoms with Crippen LogP contribution in [0.5, 0.6) is 0 Å². The van der Waals surface area contributed by atoms with Crippen molar-refractivity contribution in [2.45, 2.75) is 26.4 Å². The van der Waals surface area contributed by atoms with Gasteiger partial charge in [0.2, 0.25) is 0 Å². The van der Waals surface area contributed by atoms with Gasteiger partial charge in [-0.25, -0.2) is 9.79 Å². The van der Waals surface area contributed by atoms with Crippen LogP contribution in [0.3, 0.4) is 0 Å². The molecule has 0 bridgehead atoms. The van der Waals surface area contributed by atoms with Crippen molar-refractivity contribution in [2.24, 2.45) is 4.99 Å². The number of nitrogens with zero attached hydrogens (tertiary/aromatic N) is 1. The summed E-state index contributed by atoms with van der Waals surface area (Å²) in [6.45, 7) is 5.12. The van der Waals surface area contributed by atoms with E-state index in [1.165, 1.54) is 0 Å². The van der Waals surface area contributed by atoms with Crippen LogP contribution in [-0.2, 0) is 14.3 Å². The maximum atomic E-state index is 12.1. The molecule has 0 atom stereocenters. The van der Waals surface area contributed by atoms with Crippen LogP contribution in [-0.4, -0.2) is 23.2 Å². The first-order valence-corrected chi connectivity index (χ1v) is 7.34. The molecule has 1 amide bonds. The van der Waals surface area contributed by atoms with E-state index in [-0.39, 0.29) is 0 Å². The van der Waals surface area contributed by atoms with Gasteiger partial charge >= 0.3 is 11.9 Å². The van der Waals surface area contributed by atoms with E-state index in [2.05, 4.69) is 4.99 Å². The van der Waals surface area contributed by atoms with Gasteiger partial charge in [-0.05, 0) is 20.8 Å². The van der Waals surface area contributed by atoms with Crippen LogP contribution in [0.4, 0.5) is 0 Å². The molecule has 0 aliphatic heterocycles. The van der Waals surface area contributed by atoms with Crippen LogP contribution in [0.2, 0.25) is 0 Å². The van der Waals surface area contributed by atoms with Crippen molar-refractivity contribution in [1.82, 2.24) is 0 Å². The average molecular weight is 309 g/mol. The molecule has 0 saturated carbocycles. The first-order chi connectivity index (χ1) is 10.9. The molecule has 0 aliphatic rings. The lowest BCUT2D eigenvalue weighted by molar-refractivity contribution is -0.161. The van der Waals surface area contributed by atoms with Crippen LogP contribution >= 0.6 is 0 Å². The minimum atomic E-state index is -0.957. The summed E-state index contributed by atoms with van der Waals surface area (Å²) in [5.41, 5.74) is 1.23. The van der Waals surface area contributed by atoms with Crippen molar-refractivity contribution in [3.63, 3.8) is 0 Å². The van der Waals surface area contributed by atoms with Crippen molar-refractivity contribution in [3.8, 4) is 0 Å². The van der Waals surface area contributed by atoms with E-state index in [0.29, 0.717) is 5.71 Å². The van der Waals surface area contributed by atoms with Gasteiger partial charge in [-0.2, -0.15) is 0 Å². The normalized spacial score (nSPS) is 10.7. The van der Waals surface area contributed by atoms with Crippen LogP contribution < -0.4 is 0 Å². The fourth-order valence-electron chi connectivity index (χ4n) is 1.96. The Bertz CT molecular complexity index is 672. The third-order valence-corrected chi connectivity index (χ3v) is 2.88. The number of benzene rings is 2. The Hall–Kier alpha value is -2.75. The topological polar surface area (TPSA) is 55.7 Å². The van der Waals surface area contributed by atoms with E-state index in [1.54, 1.807) is 20.8 Å². The molecular formula is C19H19NO3. The molecular weight excluding hydrogens is 290 g/mol. The first kappa shape index (κ1) is 16.6. The Morgan fingerprint density at radius 1 is 0.826 bits per heavy atom. The maximum absolute atomic E-state index is 12.1. The SMILES string of the molecule is CC(C)(C)OC(=O)C(=O)N=C(c1ccccc1)c1ccccc1. The summed E-state index contributed by atoms with van der Waals surface area (Å²) < 4.78 is 5.08. The minimum Gasteiger partial charge on any atom is -0.453 e. The van der Waals surface area contributed by atoms with Gasteiger partial charge in [0.15, 0.2) is 0 Å². The van der Waals surface area contributed by atoms with E-state index >= 15 is 0 Å². The van der Waals surface area contributed by atoms with E-state index in [4.69, 9.17) is 4.74 Å². The molecule has 2 aromatic carbocycles. The summed E-state index contributed by atoms with van der Waals surface area (Å²) in [5.74, 6) is -1.87. The first-order valence-electron chi connectivity index (χ1n) is 7.34. The lowest BCUT2D eigenvalue weighted by Gasteiger charge is -2.18. The second kappa shape index (κ2) is 7.01. The number of carbonyl (C=O) groups is 2. The number of amides is 1. The van der Waals surface area contributed by atoms with Crippen LogP contribution in [0.1, 0.15) is 31.9 Å². The number of carbonyl (C=O) groups excluding carboxylic acids is 2. The van der Waals surface area contributed by atoms with Crippen LogP contribution in [0.25, 0.3) is 0 Å². The van der Waals surface area contributed by atoms with E-state index in [0.717, 1.165) is 11.1 Å². The molecule has 2 aromatic rings. The third-order valence-electron chi connectivity index (χ3n) is 2.88. The molecule has 4 heteroatoms. The Balaban J connectivity index is 2.38. The van der Waals surface area contributed by atoms with Crippen molar-refractivity contribution in [2.75, 3.05) is 0 Å². The molecule has 23 heavy (non-hydrogen) atoms. The number of hydrogen-bond acceptors (Lipinski definition) is 3. The molecule has 4 nitrogen and oxygen atoms in total. The van der Waals surface area contributed by atoms with Crippen LogP contribution in [0, 0.1) is 0 Å². The third kappa shape index (κ3) is 4.88. The fraction of sp³-hybridized carbons (Fsp3) is 0.211. The number of aliphatic imine (C=N–C) groups is 1. The highest BCUT2D eigenvalue weighted by molar-refractivity contribution is 6.36. The predicted octanol–water partition coefficient (Wildman–Crippen LogP) is 3.39. The molecule has 0 radical (unpaired) electrons. The van der Waals surface area contributed by atoms with Gasteiger partial charge < -0.3 is 4.74 Å². The molecule has 0 heterocycles. The van der Waals surface area contributed by atoms with Gasteiger partial charge in [-0.3, -0.25) is 4.79 Å². The standard InChI is InChI=1S/C19H19NO3/c1-19(2,3)23-18(22)17(21)20-16(14-10-6-4-7-11-14)15-12-8-5-9-13-15/h4-13H,1-3H3. The van der Waals surface area contributed by atoms with Crippen molar-refractivity contribution in [1.29, 1.82) is 0 Å². The van der Waals surface area contributed by atoms with Crippen molar-refractivity contribution < 1.29 is 14.3 Å². The second-order valence-corrected chi connectivity index (χ2v) is 6.00. The summed E-state index contributed by atoms with van der Waals surface area (Å²) >= 11 is 0. The Labute approximate surface area is 135 Å². The molecule has 2 rings (SSSR count). The number of rotatable bonds is 2. The molecule has 0 N–H and O–H groups in total. The number of ether oxygens (including phenoxy) is 1. The molecule has 0 unspecified atom stereocenters.